The number of benzene rings is 2. The highest BCUT2D eigenvalue weighted by molar-refractivity contribution is 5.94. The highest BCUT2D eigenvalue weighted by Gasteiger charge is 2.14. The first-order valence-electron chi connectivity index (χ1n) is 11.3. The van der Waals surface area contributed by atoms with Crippen molar-refractivity contribution in [2.24, 2.45) is 0 Å². The molecular weight excluding hydrogens is 384 g/mol. The van der Waals surface area contributed by atoms with Gasteiger partial charge in [-0.15, -0.1) is 0 Å². The van der Waals surface area contributed by atoms with Gasteiger partial charge in [0, 0.05) is 30.0 Å². The van der Waals surface area contributed by atoms with Crippen LogP contribution in [0.3, 0.4) is 0 Å². The van der Waals surface area contributed by atoms with Gasteiger partial charge in [-0.3, -0.25) is 9.48 Å². The molecule has 162 valence electrons. The third-order valence-electron chi connectivity index (χ3n) is 6.11. The summed E-state index contributed by atoms with van der Waals surface area (Å²) in [6.07, 6.45) is 3.88. The molecule has 5 nitrogen and oxygen atoms in total. The van der Waals surface area contributed by atoms with Gasteiger partial charge < -0.3 is 10.2 Å². The first-order valence-corrected chi connectivity index (χ1v) is 11.3. The minimum absolute atomic E-state index is 0.0442. The predicted molar refractivity (Wildman–Crippen MR) is 126 cm³/mol. The monoisotopic (exact) mass is 416 g/mol. The van der Waals surface area contributed by atoms with Gasteiger partial charge in [0.25, 0.3) is 5.91 Å². The van der Waals surface area contributed by atoms with Gasteiger partial charge in [0.1, 0.15) is 0 Å². The summed E-state index contributed by atoms with van der Waals surface area (Å²) < 4.78 is 1.99. The molecule has 0 saturated carbocycles. The number of aryl methyl sites for hydroxylation is 2. The van der Waals surface area contributed by atoms with Crippen molar-refractivity contribution in [3.05, 3.63) is 82.7 Å². The number of amides is 1. The Morgan fingerprint density at radius 3 is 2.29 bits per heavy atom. The number of nitrogens with zero attached hydrogens (tertiary/aromatic N) is 3. The molecular formula is C26H32N4O. The third-order valence-corrected chi connectivity index (χ3v) is 6.11. The molecule has 5 heteroatoms. The molecule has 2 aromatic carbocycles. The number of hydrogen-bond acceptors (Lipinski definition) is 3. The highest BCUT2D eigenvalue weighted by atomic mass is 16.1. The zero-order chi connectivity index (χ0) is 21.8. The van der Waals surface area contributed by atoms with Gasteiger partial charge in [-0.25, -0.2) is 0 Å². The molecule has 4 rings (SSSR count). The first kappa shape index (κ1) is 21.2. The van der Waals surface area contributed by atoms with Crippen molar-refractivity contribution in [1.29, 1.82) is 0 Å². The second-order valence-corrected chi connectivity index (χ2v) is 8.62. The van der Waals surface area contributed by atoms with E-state index < -0.39 is 0 Å². The maximum atomic E-state index is 12.7. The number of nitrogens with one attached hydrogen (secondary N) is 1. The van der Waals surface area contributed by atoms with E-state index >= 15 is 0 Å². The van der Waals surface area contributed by atoms with Gasteiger partial charge in [-0.1, -0.05) is 24.3 Å². The number of rotatable bonds is 6. The van der Waals surface area contributed by atoms with Crippen LogP contribution in [0.15, 0.2) is 54.6 Å². The second-order valence-electron chi connectivity index (χ2n) is 8.62. The molecule has 0 unspecified atom stereocenters. The largest absolute Gasteiger partial charge is 0.372 e. The SMILES string of the molecule is Cc1cc(C)n(Cc2ccc(C(=O)N[C@@H](C)c3ccc(N4CCCCC4)cc3)cc2)n1. The molecule has 0 radical (unpaired) electrons. The lowest BCUT2D eigenvalue weighted by Crippen LogP contribution is -2.29. The van der Waals surface area contributed by atoms with Crippen molar-refractivity contribution >= 4 is 11.6 Å². The van der Waals surface area contributed by atoms with E-state index in [1.165, 1.54) is 24.9 Å². The number of aromatic nitrogens is 2. The highest BCUT2D eigenvalue weighted by Crippen LogP contribution is 2.22. The third kappa shape index (κ3) is 5.16. The van der Waals surface area contributed by atoms with E-state index in [4.69, 9.17) is 0 Å². The lowest BCUT2D eigenvalue weighted by atomic mass is 10.1. The normalized spacial score (nSPS) is 15.0. The predicted octanol–water partition coefficient (Wildman–Crippen LogP) is 5.03. The number of piperidine rings is 1. The van der Waals surface area contributed by atoms with Crippen LogP contribution in [0.25, 0.3) is 0 Å². The fourth-order valence-electron chi connectivity index (χ4n) is 4.26. The Morgan fingerprint density at radius 1 is 1.00 bits per heavy atom. The summed E-state index contributed by atoms with van der Waals surface area (Å²) in [6.45, 7) is 9.08. The summed E-state index contributed by atoms with van der Waals surface area (Å²) in [5.41, 5.74) is 6.36. The van der Waals surface area contributed by atoms with Crippen LogP contribution < -0.4 is 10.2 Å². The fourth-order valence-corrected chi connectivity index (χ4v) is 4.26. The van der Waals surface area contributed by atoms with Crippen molar-refractivity contribution in [2.75, 3.05) is 18.0 Å². The smallest absolute Gasteiger partial charge is 0.251 e. The van der Waals surface area contributed by atoms with Crippen LogP contribution in [0.5, 0.6) is 0 Å². The Hall–Kier alpha value is -3.08. The van der Waals surface area contributed by atoms with E-state index in [2.05, 4.69) is 52.6 Å². The van der Waals surface area contributed by atoms with E-state index in [0.29, 0.717) is 12.1 Å². The summed E-state index contributed by atoms with van der Waals surface area (Å²) in [6, 6.07) is 18.4. The zero-order valence-electron chi connectivity index (χ0n) is 18.8. The van der Waals surface area contributed by atoms with Crippen LogP contribution in [0.4, 0.5) is 5.69 Å². The van der Waals surface area contributed by atoms with Crippen LogP contribution in [0.2, 0.25) is 0 Å². The summed E-state index contributed by atoms with van der Waals surface area (Å²) in [5.74, 6) is -0.0507. The van der Waals surface area contributed by atoms with E-state index in [1.54, 1.807) is 0 Å². The number of hydrogen-bond donors (Lipinski definition) is 1. The number of anilines is 1. The Labute approximate surface area is 185 Å². The molecule has 1 aliphatic heterocycles. The van der Waals surface area contributed by atoms with Crippen molar-refractivity contribution in [1.82, 2.24) is 15.1 Å². The fraction of sp³-hybridized carbons (Fsp3) is 0.385. The summed E-state index contributed by atoms with van der Waals surface area (Å²) >= 11 is 0. The van der Waals surface area contributed by atoms with Gasteiger partial charge in [-0.05, 0) is 81.5 Å². The van der Waals surface area contributed by atoms with E-state index in [-0.39, 0.29) is 11.9 Å². The van der Waals surface area contributed by atoms with E-state index in [0.717, 1.165) is 35.6 Å². The molecule has 1 atom stereocenters. The maximum absolute atomic E-state index is 12.7. The van der Waals surface area contributed by atoms with Crippen LogP contribution in [-0.2, 0) is 6.54 Å². The lowest BCUT2D eigenvalue weighted by Gasteiger charge is -2.29. The molecule has 0 bridgehead atoms. The van der Waals surface area contributed by atoms with Gasteiger partial charge in [0.05, 0.1) is 18.3 Å². The molecule has 31 heavy (non-hydrogen) atoms. The zero-order valence-corrected chi connectivity index (χ0v) is 18.8. The van der Waals surface area contributed by atoms with Gasteiger partial charge >= 0.3 is 0 Å². The molecule has 1 amide bonds. The molecule has 3 aromatic rings. The van der Waals surface area contributed by atoms with Gasteiger partial charge in [0.2, 0.25) is 0 Å². The second kappa shape index (κ2) is 9.38. The van der Waals surface area contributed by atoms with Crippen LogP contribution >= 0.6 is 0 Å². The van der Waals surface area contributed by atoms with Crippen LogP contribution in [0, 0.1) is 13.8 Å². The van der Waals surface area contributed by atoms with Gasteiger partial charge in [0.15, 0.2) is 0 Å². The lowest BCUT2D eigenvalue weighted by molar-refractivity contribution is 0.0940. The topological polar surface area (TPSA) is 50.2 Å². The number of carbonyl (C=O) groups is 1. The Balaban J connectivity index is 1.35. The molecule has 1 aliphatic rings. The Kier molecular flexibility index (Phi) is 6.40. The minimum atomic E-state index is -0.0507. The summed E-state index contributed by atoms with van der Waals surface area (Å²) in [5, 5.41) is 7.63. The van der Waals surface area contributed by atoms with E-state index in [9.17, 15) is 4.79 Å². The minimum Gasteiger partial charge on any atom is -0.372 e. The average molecular weight is 417 g/mol. The van der Waals surface area contributed by atoms with Crippen molar-refractivity contribution in [3.63, 3.8) is 0 Å². The van der Waals surface area contributed by atoms with Crippen molar-refractivity contribution < 1.29 is 4.79 Å². The molecule has 2 heterocycles. The Morgan fingerprint density at radius 2 is 1.68 bits per heavy atom. The van der Waals surface area contributed by atoms with Crippen molar-refractivity contribution in [3.8, 4) is 0 Å². The van der Waals surface area contributed by atoms with Crippen molar-refractivity contribution in [2.45, 2.75) is 52.6 Å². The number of carbonyl (C=O) groups excluding carboxylic acids is 1. The standard InChI is InChI=1S/C26H32N4O/c1-19-17-20(2)30(28-19)18-22-7-9-24(10-8-22)26(31)27-21(3)23-11-13-25(14-12-23)29-15-5-4-6-16-29/h7-14,17,21H,4-6,15-16,18H2,1-3H3,(H,27,31)/t21-/m0/s1. The van der Waals surface area contributed by atoms with Crippen LogP contribution in [0.1, 0.15) is 65.1 Å². The van der Waals surface area contributed by atoms with E-state index in [1.807, 2.05) is 42.8 Å². The average Bonchev–Trinajstić information content (AvgIpc) is 3.11. The van der Waals surface area contributed by atoms with Crippen LogP contribution in [-0.4, -0.2) is 28.8 Å². The quantitative estimate of drug-likeness (QED) is 0.613. The summed E-state index contributed by atoms with van der Waals surface area (Å²) in [4.78, 5) is 15.2. The molecule has 1 aromatic heterocycles. The molecule has 1 N–H and O–H groups in total. The Bertz CT molecular complexity index is 1010. The summed E-state index contributed by atoms with van der Waals surface area (Å²) in [7, 11) is 0. The molecule has 0 aliphatic carbocycles. The van der Waals surface area contributed by atoms with Gasteiger partial charge in [-0.2, -0.15) is 5.10 Å². The molecule has 0 spiro atoms. The molecule has 1 saturated heterocycles. The molecule has 1 fully saturated rings. The first-order chi connectivity index (χ1) is 15.0. The maximum Gasteiger partial charge on any atom is 0.251 e.